The summed E-state index contributed by atoms with van der Waals surface area (Å²) in [6, 6.07) is 12.6. The fraction of sp³-hybridized carbons (Fsp3) is 0.364. The molecular weight excluding hydrogens is 534 g/mol. The van der Waals surface area contributed by atoms with Crippen molar-refractivity contribution in [3.63, 3.8) is 0 Å². The van der Waals surface area contributed by atoms with E-state index in [9.17, 15) is 18.0 Å². The molecule has 1 fully saturated rings. The quantitative estimate of drug-likeness (QED) is 0.287. The fourth-order valence-corrected chi connectivity index (χ4v) is 3.51. The second kappa shape index (κ2) is 11.5. The van der Waals surface area contributed by atoms with E-state index in [4.69, 9.17) is 5.73 Å². The predicted molar refractivity (Wildman–Crippen MR) is 129 cm³/mol. The number of nitrogens with zero attached hydrogens (tertiary/aromatic N) is 2. The lowest BCUT2D eigenvalue weighted by atomic mass is 10.1. The molecule has 0 bridgehead atoms. The Morgan fingerprint density at radius 1 is 1.12 bits per heavy atom. The highest BCUT2D eigenvalue weighted by molar-refractivity contribution is 14.0. The summed E-state index contributed by atoms with van der Waals surface area (Å²) in [4.78, 5) is 17.6. The van der Waals surface area contributed by atoms with Crippen molar-refractivity contribution in [3.05, 3.63) is 70.8 Å². The Hall–Kier alpha value is -2.34. The number of alkyl halides is 3. The molecule has 1 heterocycles. The highest BCUT2D eigenvalue weighted by atomic mass is 127. The minimum absolute atomic E-state index is 0. The monoisotopic (exact) mass is 561 g/mol. The Balaban J connectivity index is 0.00000363. The molecule has 6 nitrogen and oxygen atoms in total. The van der Waals surface area contributed by atoms with Crippen molar-refractivity contribution < 1.29 is 18.0 Å². The number of carbonyl (C=O) groups excluding carboxylic acids is 1. The number of hydrogen-bond donors (Lipinski definition) is 3. The van der Waals surface area contributed by atoms with E-state index >= 15 is 0 Å². The second-order valence-corrected chi connectivity index (χ2v) is 7.55. The molecule has 0 aromatic heterocycles. The third-order valence-electron chi connectivity index (χ3n) is 5.22. The lowest BCUT2D eigenvalue weighted by Crippen LogP contribution is -2.44. The third kappa shape index (κ3) is 7.37. The first kappa shape index (κ1) is 25.9. The van der Waals surface area contributed by atoms with Crippen LogP contribution < -0.4 is 16.4 Å². The highest BCUT2D eigenvalue weighted by Gasteiger charge is 2.30. The summed E-state index contributed by atoms with van der Waals surface area (Å²) in [5.74, 6) is 0.208. The van der Waals surface area contributed by atoms with Crippen LogP contribution in [0.4, 0.5) is 13.2 Å². The second-order valence-electron chi connectivity index (χ2n) is 7.55. The lowest BCUT2D eigenvalue weighted by molar-refractivity contribution is -0.137. The third-order valence-corrected chi connectivity index (χ3v) is 5.22. The molecular formula is C22H27F3IN5O. The molecule has 4 N–H and O–H groups in total. The van der Waals surface area contributed by atoms with Gasteiger partial charge in [0, 0.05) is 44.8 Å². The normalized spacial score (nSPS) is 17.0. The number of aliphatic imine (C=N–C) groups is 1. The number of guanidine groups is 1. The number of halogens is 4. The summed E-state index contributed by atoms with van der Waals surface area (Å²) in [5, 5.41) is 6.63. The topological polar surface area (TPSA) is 82.7 Å². The van der Waals surface area contributed by atoms with Gasteiger partial charge >= 0.3 is 6.18 Å². The van der Waals surface area contributed by atoms with Gasteiger partial charge in [-0.05, 0) is 41.8 Å². The van der Waals surface area contributed by atoms with Crippen molar-refractivity contribution >= 4 is 35.8 Å². The Bertz CT molecular complexity index is 917. The minimum Gasteiger partial charge on any atom is -0.366 e. The number of likely N-dealkylation sites (tertiary alicyclic amines) is 1. The molecule has 2 aromatic carbocycles. The molecule has 174 valence electrons. The molecule has 0 radical (unpaired) electrons. The molecule has 1 unspecified atom stereocenters. The van der Waals surface area contributed by atoms with Crippen molar-refractivity contribution in [2.24, 2.45) is 10.7 Å². The molecule has 10 heteroatoms. The van der Waals surface area contributed by atoms with Gasteiger partial charge in [0.1, 0.15) is 0 Å². The van der Waals surface area contributed by atoms with Gasteiger partial charge in [-0.25, -0.2) is 0 Å². The highest BCUT2D eigenvalue weighted by Crippen LogP contribution is 2.29. The summed E-state index contributed by atoms with van der Waals surface area (Å²) < 4.78 is 38.1. The van der Waals surface area contributed by atoms with E-state index in [-0.39, 0.29) is 30.0 Å². The first-order valence-electron chi connectivity index (χ1n) is 9.99. The standard InChI is InChI=1S/C22H26F3N5O.HI/c1-27-21(28-12-15-2-6-17(7-3-15)20(26)31)29-19-10-11-30(14-19)13-16-4-8-18(9-5-16)22(23,24)25;/h2-9,19H,10-14H2,1H3,(H2,26,31)(H2,27,28,29);1H. The summed E-state index contributed by atoms with van der Waals surface area (Å²) in [6.45, 7) is 2.77. The number of nitrogens with two attached hydrogens (primary N) is 1. The van der Waals surface area contributed by atoms with Crippen LogP contribution in [0.2, 0.25) is 0 Å². The smallest absolute Gasteiger partial charge is 0.366 e. The van der Waals surface area contributed by atoms with Gasteiger partial charge in [-0.1, -0.05) is 24.3 Å². The van der Waals surface area contributed by atoms with Crippen LogP contribution in [0.1, 0.15) is 33.5 Å². The van der Waals surface area contributed by atoms with Gasteiger partial charge in [0.15, 0.2) is 5.96 Å². The molecule has 1 atom stereocenters. The van der Waals surface area contributed by atoms with Crippen LogP contribution in [0.15, 0.2) is 53.5 Å². The van der Waals surface area contributed by atoms with Crippen molar-refractivity contribution in [1.29, 1.82) is 0 Å². The molecule has 0 aliphatic carbocycles. The van der Waals surface area contributed by atoms with Gasteiger partial charge in [-0.2, -0.15) is 13.2 Å². The number of hydrogen-bond acceptors (Lipinski definition) is 3. The van der Waals surface area contributed by atoms with Crippen LogP contribution in [-0.4, -0.2) is 42.9 Å². The SMILES string of the molecule is CN=C(NCc1ccc(C(N)=O)cc1)NC1CCN(Cc2ccc(C(F)(F)F)cc2)C1.I. The molecule has 1 amide bonds. The summed E-state index contributed by atoms with van der Waals surface area (Å²) in [6.07, 6.45) is -3.40. The minimum atomic E-state index is -4.31. The van der Waals surface area contributed by atoms with Crippen LogP contribution >= 0.6 is 24.0 Å². The number of rotatable bonds is 6. The summed E-state index contributed by atoms with van der Waals surface area (Å²) in [7, 11) is 1.69. The molecule has 2 aromatic rings. The summed E-state index contributed by atoms with van der Waals surface area (Å²) >= 11 is 0. The number of benzene rings is 2. The zero-order chi connectivity index (χ0) is 22.4. The maximum absolute atomic E-state index is 12.7. The molecule has 1 aliphatic rings. The Morgan fingerprint density at radius 2 is 1.75 bits per heavy atom. The van der Waals surface area contributed by atoms with Crippen LogP contribution in [-0.2, 0) is 19.3 Å². The maximum Gasteiger partial charge on any atom is 0.416 e. The van der Waals surface area contributed by atoms with Crippen LogP contribution in [0.3, 0.4) is 0 Å². The van der Waals surface area contributed by atoms with E-state index in [0.717, 1.165) is 42.8 Å². The fourth-order valence-electron chi connectivity index (χ4n) is 3.51. The van der Waals surface area contributed by atoms with E-state index in [0.29, 0.717) is 24.6 Å². The van der Waals surface area contributed by atoms with Crippen molar-refractivity contribution in [2.45, 2.75) is 31.7 Å². The van der Waals surface area contributed by atoms with Gasteiger partial charge in [-0.3, -0.25) is 14.7 Å². The first-order chi connectivity index (χ1) is 14.7. The number of nitrogens with one attached hydrogen (secondary N) is 2. The van der Waals surface area contributed by atoms with E-state index < -0.39 is 17.6 Å². The van der Waals surface area contributed by atoms with E-state index in [1.54, 1.807) is 19.2 Å². The van der Waals surface area contributed by atoms with Crippen molar-refractivity contribution in [2.75, 3.05) is 20.1 Å². The van der Waals surface area contributed by atoms with Gasteiger partial charge < -0.3 is 16.4 Å². The zero-order valence-corrected chi connectivity index (χ0v) is 20.0. The molecule has 0 saturated carbocycles. The van der Waals surface area contributed by atoms with Crippen LogP contribution in [0.25, 0.3) is 0 Å². The van der Waals surface area contributed by atoms with E-state index in [1.165, 1.54) is 12.1 Å². The number of carbonyl (C=O) groups is 1. The number of amides is 1. The molecule has 32 heavy (non-hydrogen) atoms. The van der Waals surface area contributed by atoms with Crippen LogP contribution in [0, 0.1) is 0 Å². The molecule has 3 rings (SSSR count). The molecule has 0 spiro atoms. The Labute approximate surface area is 202 Å². The Kier molecular flexibility index (Phi) is 9.32. The molecule has 1 aliphatic heterocycles. The Morgan fingerprint density at radius 3 is 2.31 bits per heavy atom. The van der Waals surface area contributed by atoms with Gasteiger partial charge in [0.25, 0.3) is 0 Å². The van der Waals surface area contributed by atoms with Crippen molar-refractivity contribution in [1.82, 2.24) is 15.5 Å². The van der Waals surface area contributed by atoms with Gasteiger partial charge in [0.2, 0.25) is 5.91 Å². The van der Waals surface area contributed by atoms with E-state index in [2.05, 4.69) is 20.5 Å². The van der Waals surface area contributed by atoms with Crippen molar-refractivity contribution in [3.8, 4) is 0 Å². The van der Waals surface area contributed by atoms with Gasteiger partial charge in [-0.15, -0.1) is 24.0 Å². The average molecular weight is 561 g/mol. The average Bonchev–Trinajstić information content (AvgIpc) is 3.18. The zero-order valence-electron chi connectivity index (χ0n) is 17.7. The van der Waals surface area contributed by atoms with Crippen LogP contribution in [0.5, 0.6) is 0 Å². The van der Waals surface area contributed by atoms with E-state index in [1.807, 2.05) is 12.1 Å². The molecule has 1 saturated heterocycles. The number of primary amides is 1. The lowest BCUT2D eigenvalue weighted by Gasteiger charge is -2.19. The largest absolute Gasteiger partial charge is 0.416 e. The first-order valence-corrected chi connectivity index (χ1v) is 9.99. The summed E-state index contributed by atoms with van der Waals surface area (Å²) in [5.41, 5.74) is 6.93. The predicted octanol–water partition coefficient (Wildman–Crippen LogP) is 3.36. The van der Waals surface area contributed by atoms with Gasteiger partial charge in [0.05, 0.1) is 5.56 Å². The maximum atomic E-state index is 12.7.